The Bertz CT molecular complexity index is 107. The van der Waals surface area contributed by atoms with Gasteiger partial charge >= 0.3 is 0 Å². The molecule has 0 aromatic heterocycles. The molecule has 0 heterocycles. The van der Waals surface area contributed by atoms with Crippen LogP contribution in [-0.2, 0) is 0 Å². The second-order valence-corrected chi connectivity index (χ2v) is 6.99. The Morgan fingerprint density at radius 3 is 1.69 bits per heavy atom. The number of rotatable bonds is 8. The van der Waals surface area contributed by atoms with Crippen LogP contribution in [0.5, 0.6) is 0 Å². The standard InChI is InChI=1S/C10H22S3/c1-2-3-4-5-6-7-8-9-10(11,12)13/h11-13H,2-9H2,1H3. The minimum atomic E-state index is -0.372. The number of unbranched alkanes of at least 4 members (excludes halogenated alkanes) is 6. The first-order valence-electron chi connectivity index (χ1n) is 5.23. The summed E-state index contributed by atoms with van der Waals surface area (Å²) in [7, 11) is 0. The quantitative estimate of drug-likeness (QED) is 0.308. The third-order valence-electron chi connectivity index (χ3n) is 2.12. The Morgan fingerprint density at radius 2 is 1.23 bits per heavy atom. The smallest absolute Gasteiger partial charge is 0.0980 e. The predicted molar refractivity (Wildman–Crippen MR) is 72.3 cm³/mol. The maximum Gasteiger partial charge on any atom is 0.0980 e. The molecule has 0 aromatic carbocycles. The third kappa shape index (κ3) is 13.1. The third-order valence-corrected chi connectivity index (χ3v) is 2.79. The van der Waals surface area contributed by atoms with Gasteiger partial charge in [-0.05, 0) is 6.42 Å². The molecule has 0 rings (SSSR count). The Labute approximate surface area is 99.5 Å². The molecule has 0 radical (unpaired) electrons. The molecule has 3 heteroatoms. The Kier molecular flexibility index (Phi) is 9.04. The summed E-state index contributed by atoms with van der Waals surface area (Å²) < 4.78 is -0.372. The van der Waals surface area contributed by atoms with Crippen molar-refractivity contribution in [3.8, 4) is 0 Å². The molecule has 0 saturated carbocycles. The summed E-state index contributed by atoms with van der Waals surface area (Å²) in [5.74, 6) is 0. The fourth-order valence-electron chi connectivity index (χ4n) is 1.32. The number of hydrogen-bond donors (Lipinski definition) is 3. The van der Waals surface area contributed by atoms with Crippen LogP contribution < -0.4 is 0 Å². The lowest BCUT2D eigenvalue weighted by molar-refractivity contribution is 0.581. The van der Waals surface area contributed by atoms with Crippen LogP contribution in [0.3, 0.4) is 0 Å². The molecular formula is C10H22S3. The molecule has 0 aliphatic heterocycles. The zero-order valence-corrected chi connectivity index (χ0v) is 11.2. The van der Waals surface area contributed by atoms with Gasteiger partial charge in [-0.3, -0.25) is 0 Å². The summed E-state index contributed by atoms with van der Waals surface area (Å²) in [6.07, 6.45) is 10.3. The van der Waals surface area contributed by atoms with Crippen LogP contribution in [0.2, 0.25) is 0 Å². The highest BCUT2D eigenvalue weighted by atomic mass is 32.2. The van der Waals surface area contributed by atoms with Gasteiger partial charge in [0.25, 0.3) is 0 Å². The lowest BCUT2D eigenvalue weighted by atomic mass is 10.1. The van der Waals surface area contributed by atoms with Crippen molar-refractivity contribution in [3.63, 3.8) is 0 Å². The van der Waals surface area contributed by atoms with Crippen LogP contribution >= 0.6 is 37.9 Å². The molecule has 0 nitrogen and oxygen atoms in total. The SMILES string of the molecule is CCCCCCCCCC(S)(S)S. The summed E-state index contributed by atoms with van der Waals surface area (Å²) >= 11 is 12.7. The highest BCUT2D eigenvalue weighted by Crippen LogP contribution is 2.30. The largest absolute Gasteiger partial charge is 0.151 e. The predicted octanol–water partition coefficient (Wildman–Crippen LogP) is 4.57. The van der Waals surface area contributed by atoms with Gasteiger partial charge in [0.2, 0.25) is 0 Å². The van der Waals surface area contributed by atoms with Crippen LogP contribution in [0.15, 0.2) is 0 Å². The van der Waals surface area contributed by atoms with Crippen molar-refractivity contribution < 1.29 is 0 Å². The average Bonchev–Trinajstić information content (AvgIpc) is 2.01. The first-order valence-corrected chi connectivity index (χ1v) is 6.57. The normalized spacial score (nSPS) is 12.0. The highest BCUT2D eigenvalue weighted by Gasteiger charge is 2.11. The molecule has 0 atom stereocenters. The maximum absolute atomic E-state index is 4.24. The topological polar surface area (TPSA) is 0 Å². The number of thiol groups is 3. The van der Waals surface area contributed by atoms with Crippen molar-refractivity contribution in [1.82, 2.24) is 0 Å². The van der Waals surface area contributed by atoms with Crippen molar-refractivity contribution >= 4 is 37.9 Å². The fourth-order valence-corrected chi connectivity index (χ4v) is 1.79. The molecule has 0 fully saturated rings. The summed E-state index contributed by atoms with van der Waals surface area (Å²) in [5.41, 5.74) is 0. The van der Waals surface area contributed by atoms with Crippen LogP contribution in [0.4, 0.5) is 0 Å². The van der Waals surface area contributed by atoms with E-state index in [9.17, 15) is 0 Å². The van der Waals surface area contributed by atoms with E-state index >= 15 is 0 Å². The molecular weight excluding hydrogens is 216 g/mol. The van der Waals surface area contributed by atoms with Crippen molar-refractivity contribution in [2.45, 2.75) is 61.7 Å². The molecule has 0 N–H and O–H groups in total. The van der Waals surface area contributed by atoms with Crippen molar-refractivity contribution in [3.05, 3.63) is 0 Å². The zero-order valence-electron chi connectivity index (χ0n) is 8.50. The van der Waals surface area contributed by atoms with Gasteiger partial charge in [0.1, 0.15) is 0 Å². The molecule has 0 aliphatic carbocycles. The molecule has 0 aliphatic rings. The van der Waals surface area contributed by atoms with E-state index in [1.54, 1.807) is 0 Å². The molecule has 80 valence electrons. The van der Waals surface area contributed by atoms with Gasteiger partial charge < -0.3 is 0 Å². The van der Waals surface area contributed by atoms with Gasteiger partial charge in [-0.1, -0.05) is 51.9 Å². The van der Waals surface area contributed by atoms with Crippen molar-refractivity contribution in [1.29, 1.82) is 0 Å². The minimum Gasteiger partial charge on any atom is -0.151 e. The molecule has 0 unspecified atom stereocenters. The van der Waals surface area contributed by atoms with Crippen LogP contribution in [0.1, 0.15) is 58.3 Å². The Balaban J connectivity index is 3.00. The van der Waals surface area contributed by atoms with Gasteiger partial charge in [-0.15, -0.1) is 0 Å². The Hall–Kier alpha value is 1.05. The highest BCUT2D eigenvalue weighted by molar-refractivity contribution is 8.16. The van der Waals surface area contributed by atoms with Crippen LogP contribution in [0.25, 0.3) is 0 Å². The van der Waals surface area contributed by atoms with E-state index in [4.69, 9.17) is 0 Å². The second kappa shape index (κ2) is 8.37. The second-order valence-electron chi connectivity index (χ2n) is 3.65. The molecule has 0 bridgehead atoms. The van der Waals surface area contributed by atoms with Gasteiger partial charge in [0.15, 0.2) is 0 Å². The lowest BCUT2D eigenvalue weighted by Crippen LogP contribution is -2.01. The summed E-state index contributed by atoms with van der Waals surface area (Å²) in [6.45, 7) is 2.25. The fraction of sp³-hybridized carbons (Fsp3) is 1.00. The van der Waals surface area contributed by atoms with Crippen molar-refractivity contribution in [2.24, 2.45) is 0 Å². The lowest BCUT2D eigenvalue weighted by Gasteiger charge is -2.14. The van der Waals surface area contributed by atoms with Crippen molar-refractivity contribution in [2.75, 3.05) is 0 Å². The van der Waals surface area contributed by atoms with E-state index in [0.717, 1.165) is 6.42 Å². The van der Waals surface area contributed by atoms with Gasteiger partial charge in [-0.25, -0.2) is 0 Å². The number of hydrogen-bond acceptors (Lipinski definition) is 3. The molecule has 13 heavy (non-hydrogen) atoms. The first-order chi connectivity index (χ1) is 6.06. The summed E-state index contributed by atoms with van der Waals surface area (Å²) in [6, 6.07) is 0. The minimum absolute atomic E-state index is 0.372. The average molecular weight is 238 g/mol. The summed E-state index contributed by atoms with van der Waals surface area (Å²) in [5, 5.41) is 0. The van der Waals surface area contributed by atoms with Gasteiger partial charge in [0, 0.05) is 0 Å². The molecule has 0 saturated heterocycles. The zero-order chi connectivity index (χ0) is 10.2. The monoisotopic (exact) mass is 238 g/mol. The Morgan fingerprint density at radius 1 is 0.769 bits per heavy atom. The van der Waals surface area contributed by atoms with E-state index in [0.29, 0.717) is 0 Å². The van der Waals surface area contributed by atoms with E-state index in [1.165, 1.54) is 44.9 Å². The molecule has 0 spiro atoms. The van der Waals surface area contributed by atoms with Crippen LogP contribution in [0, 0.1) is 0 Å². The van der Waals surface area contributed by atoms with Gasteiger partial charge in [-0.2, -0.15) is 37.9 Å². The maximum atomic E-state index is 4.24. The molecule has 0 aromatic rings. The van der Waals surface area contributed by atoms with Crippen LogP contribution in [-0.4, -0.2) is 3.41 Å². The van der Waals surface area contributed by atoms with E-state index in [-0.39, 0.29) is 3.41 Å². The van der Waals surface area contributed by atoms with E-state index < -0.39 is 0 Å². The van der Waals surface area contributed by atoms with E-state index in [2.05, 4.69) is 44.8 Å². The van der Waals surface area contributed by atoms with Gasteiger partial charge in [0.05, 0.1) is 3.41 Å². The first kappa shape index (κ1) is 14.1. The van der Waals surface area contributed by atoms with E-state index in [1.807, 2.05) is 0 Å². The molecule has 0 amide bonds. The summed E-state index contributed by atoms with van der Waals surface area (Å²) in [4.78, 5) is 0.